The van der Waals surface area contributed by atoms with Crippen LogP contribution >= 0.6 is 0 Å². The molecule has 0 aliphatic rings. The Labute approximate surface area is 126 Å². The molecule has 0 unspecified atom stereocenters. The van der Waals surface area contributed by atoms with E-state index >= 15 is 0 Å². The summed E-state index contributed by atoms with van der Waals surface area (Å²) in [6.07, 6.45) is 0.920. The van der Waals surface area contributed by atoms with Crippen LogP contribution < -0.4 is 10.2 Å². The largest absolute Gasteiger partial charge is 0.375 e. The van der Waals surface area contributed by atoms with Crippen molar-refractivity contribution in [3.63, 3.8) is 0 Å². The van der Waals surface area contributed by atoms with Gasteiger partial charge in [-0.05, 0) is 37.6 Å². The molecule has 2 aromatic carbocycles. The van der Waals surface area contributed by atoms with Crippen molar-refractivity contribution in [2.45, 2.75) is 13.3 Å². The molecule has 0 bridgehead atoms. The van der Waals surface area contributed by atoms with Crippen LogP contribution in [0.25, 0.3) is 0 Å². The molecule has 2 rings (SSSR count). The smallest absolute Gasteiger partial charge is 0.251 e. The molecule has 0 heterocycles. The van der Waals surface area contributed by atoms with Gasteiger partial charge in [0.05, 0.1) is 0 Å². The van der Waals surface area contributed by atoms with Crippen LogP contribution in [0.5, 0.6) is 0 Å². The quantitative estimate of drug-likeness (QED) is 0.825. The van der Waals surface area contributed by atoms with Gasteiger partial charge < -0.3 is 10.2 Å². The Bertz CT molecular complexity index is 581. The third kappa shape index (κ3) is 4.63. The molecule has 0 atom stereocenters. The zero-order valence-electron chi connectivity index (χ0n) is 12.7. The van der Waals surface area contributed by atoms with Crippen LogP contribution in [0.15, 0.2) is 54.6 Å². The number of amides is 1. The van der Waals surface area contributed by atoms with E-state index < -0.39 is 0 Å². The second kappa shape index (κ2) is 7.48. The van der Waals surface area contributed by atoms with Gasteiger partial charge in [0.2, 0.25) is 0 Å². The van der Waals surface area contributed by atoms with E-state index in [9.17, 15) is 4.79 Å². The van der Waals surface area contributed by atoms with Gasteiger partial charge in [0.1, 0.15) is 0 Å². The number of anilines is 1. The first-order chi connectivity index (χ1) is 10.2. The molecular weight excluding hydrogens is 260 g/mol. The van der Waals surface area contributed by atoms with Crippen LogP contribution in [-0.2, 0) is 0 Å². The minimum atomic E-state index is 0.000985. The Morgan fingerprint density at radius 2 is 1.86 bits per heavy atom. The maximum atomic E-state index is 12.0. The number of nitrogens with one attached hydrogen (secondary N) is 1. The van der Waals surface area contributed by atoms with E-state index in [2.05, 4.69) is 29.4 Å². The lowest BCUT2D eigenvalue weighted by molar-refractivity contribution is 0.0953. The van der Waals surface area contributed by atoms with Gasteiger partial charge in [-0.2, -0.15) is 0 Å². The van der Waals surface area contributed by atoms with E-state index in [-0.39, 0.29) is 5.91 Å². The van der Waals surface area contributed by atoms with Crippen LogP contribution in [0.3, 0.4) is 0 Å². The zero-order chi connectivity index (χ0) is 15.1. The monoisotopic (exact) mass is 282 g/mol. The number of carbonyl (C=O) groups excluding carboxylic acids is 1. The second-order valence-electron chi connectivity index (χ2n) is 5.24. The van der Waals surface area contributed by atoms with E-state index in [1.165, 1.54) is 5.69 Å². The molecule has 3 heteroatoms. The van der Waals surface area contributed by atoms with E-state index in [0.717, 1.165) is 24.1 Å². The average Bonchev–Trinajstić information content (AvgIpc) is 2.52. The number of para-hydroxylation sites is 1. The molecule has 21 heavy (non-hydrogen) atoms. The van der Waals surface area contributed by atoms with E-state index in [1.807, 2.05) is 49.4 Å². The molecule has 0 aliphatic heterocycles. The van der Waals surface area contributed by atoms with E-state index in [4.69, 9.17) is 0 Å². The standard InChI is InChI=1S/C18H22N2O/c1-15-8-6-9-16(14-15)18(21)19-12-7-13-20(2)17-10-4-3-5-11-17/h3-6,8-11,14H,7,12-13H2,1-2H3,(H,19,21). The molecule has 110 valence electrons. The van der Waals surface area contributed by atoms with Crippen molar-refractivity contribution in [3.05, 3.63) is 65.7 Å². The third-order valence-electron chi connectivity index (χ3n) is 3.43. The fraction of sp³-hybridized carbons (Fsp3) is 0.278. The Morgan fingerprint density at radius 3 is 2.57 bits per heavy atom. The lowest BCUT2D eigenvalue weighted by Gasteiger charge is -2.19. The van der Waals surface area contributed by atoms with Gasteiger partial charge in [0.15, 0.2) is 0 Å². The van der Waals surface area contributed by atoms with Crippen LogP contribution in [0, 0.1) is 6.92 Å². The Morgan fingerprint density at radius 1 is 1.10 bits per heavy atom. The summed E-state index contributed by atoms with van der Waals surface area (Å²) >= 11 is 0. The Balaban J connectivity index is 1.74. The number of nitrogens with zero attached hydrogens (tertiary/aromatic N) is 1. The normalized spacial score (nSPS) is 10.2. The van der Waals surface area contributed by atoms with Crippen LogP contribution in [0.4, 0.5) is 5.69 Å². The summed E-state index contributed by atoms with van der Waals surface area (Å²) < 4.78 is 0. The molecule has 0 radical (unpaired) electrons. The first kappa shape index (κ1) is 15.1. The SMILES string of the molecule is Cc1cccc(C(=O)NCCCN(C)c2ccccc2)c1. The highest BCUT2D eigenvalue weighted by atomic mass is 16.1. The highest BCUT2D eigenvalue weighted by Crippen LogP contribution is 2.10. The van der Waals surface area contributed by atoms with Crippen molar-refractivity contribution >= 4 is 11.6 Å². The summed E-state index contributed by atoms with van der Waals surface area (Å²) in [4.78, 5) is 14.2. The highest BCUT2D eigenvalue weighted by Gasteiger charge is 2.05. The van der Waals surface area contributed by atoms with Crippen molar-refractivity contribution in [3.8, 4) is 0 Å². The van der Waals surface area contributed by atoms with Crippen molar-refractivity contribution in [2.24, 2.45) is 0 Å². The molecule has 1 amide bonds. The number of benzene rings is 2. The molecule has 3 nitrogen and oxygen atoms in total. The molecule has 0 spiro atoms. The molecule has 0 saturated heterocycles. The van der Waals surface area contributed by atoms with E-state index in [1.54, 1.807) is 0 Å². The first-order valence-electron chi connectivity index (χ1n) is 7.28. The maximum absolute atomic E-state index is 12.0. The second-order valence-corrected chi connectivity index (χ2v) is 5.24. The Hall–Kier alpha value is -2.29. The maximum Gasteiger partial charge on any atom is 0.251 e. The number of hydrogen-bond donors (Lipinski definition) is 1. The Kier molecular flexibility index (Phi) is 5.38. The fourth-order valence-corrected chi connectivity index (χ4v) is 2.22. The van der Waals surface area contributed by atoms with Gasteiger partial charge in [-0.15, -0.1) is 0 Å². The summed E-state index contributed by atoms with van der Waals surface area (Å²) in [7, 11) is 2.07. The number of rotatable bonds is 6. The molecule has 0 fully saturated rings. The number of hydrogen-bond acceptors (Lipinski definition) is 2. The van der Waals surface area contributed by atoms with Gasteiger partial charge in [-0.3, -0.25) is 4.79 Å². The molecular formula is C18H22N2O. The van der Waals surface area contributed by atoms with Crippen molar-refractivity contribution < 1.29 is 4.79 Å². The van der Waals surface area contributed by atoms with Gasteiger partial charge in [0, 0.05) is 31.4 Å². The summed E-state index contributed by atoms with van der Waals surface area (Å²) in [6.45, 7) is 3.59. The van der Waals surface area contributed by atoms with Crippen molar-refractivity contribution in [1.82, 2.24) is 5.32 Å². The van der Waals surface area contributed by atoms with Crippen LogP contribution in [0.2, 0.25) is 0 Å². The zero-order valence-corrected chi connectivity index (χ0v) is 12.7. The summed E-state index contributed by atoms with van der Waals surface area (Å²) in [5.41, 5.74) is 3.03. The van der Waals surface area contributed by atoms with Crippen LogP contribution in [-0.4, -0.2) is 26.0 Å². The predicted molar refractivity (Wildman–Crippen MR) is 87.8 cm³/mol. The lowest BCUT2D eigenvalue weighted by Crippen LogP contribution is -2.28. The fourth-order valence-electron chi connectivity index (χ4n) is 2.22. The molecule has 2 aromatic rings. The van der Waals surface area contributed by atoms with Gasteiger partial charge >= 0.3 is 0 Å². The molecule has 0 saturated carbocycles. The lowest BCUT2D eigenvalue weighted by atomic mass is 10.1. The molecule has 0 aliphatic carbocycles. The summed E-state index contributed by atoms with van der Waals surface area (Å²) in [5.74, 6) is 0.000985. The van der Waals surface area contributed by atoms with Crippen LogP contribution in [0.1, 0.15) is 22.3 Å². The van der Waals surface area contributed by atoms with Gasteiger partial charge in [0.25, 0.3) is 5.91 Å². The number of aryl methyl sites for hydroxylation is 1. The summed E-state index contributed by atoms with van der Waals surface area (Å²) in [5, 5.41) is 2.97. The van der Waals surface area contributed by atoms with Gasteiger partial charge in [-0.25, -0.2) is 0 Å². The highest BCUT2D eigenvalue weighted by molar-refractivity contribution is 5.94. The third-order valence-corrected chi connectivity index (χ3v) is 3.43. The predicted octanol–water partition coefficient (Wildman–Crippen LogP) is 3.25. The average molecular weight is 282 g/mol. The first-order valence-corrected chi connectivity index (χ1v) is 7.28. The summed E-state index contributed by atoms with van der Waals surface area (Å²) in [6, 6.07) is 17.9. The minimum absolute atomic E-state index is 0.000985. The molecule has 1 N–H and O–H groups in total. The minimum Gasteiger partial charge on any atom is -0.375 e. The van der Waals surface area contributed by atoms with Crippen molar-refractivity contribution in [2.75, 3.05) is 25.0 Å². The van der Waals surface area contributed by atoms with Gasteiger partial charge in [-0.1, -0.05) is 35.9 Å². The topological polar surface area (TPSA) is 32.3 Å². The van der Waals surface area contributed by atoms with Crippen molar-refractivity contribution in [1.29, 1.82) is 0 Å². The van der Waals surface area contributed by atoms with E-state index in [0.29, 0.717) is 6.54 Å². The number of carbonyl (C=O) groups is 1. The molecule has 0 aromatic heterocycles.